The van der Waals surface area contributed by atoms with Gasteiger partial charge < -0.3 is 9.80 Å². The van der Waals surface area contributed by atoms with Crippen LogP contribution in [0.5, 0.6) is 0 Å². The van der Waals surface area contributed by atoms with E-state index in [1.54, 1.807) is 11.8 Å². The van der Waals surface area contributed by atoms with Crippen molar-refractivity contribution < 1.29 is 4.79 Å². The summed E-state index contributed by atoms with van der Waals surface area (Å²) in [4.78, 5) is 25.8. The number of carbonyl (C=O) groups excluding carboxylic acids is 1. The van der Waals surface area contributed by atoms with Gasteiger partial charge in [-0.15, -0.1) is 0 Å². The molecule has 5 nitrogen and oxygen atoms in total. The number of rotatable bonds is 3. The van der Waals surface area contributed by atoms with Crippen molar-refractivity contribution in [3.05, 3.63) is 12.3 Å². The monoisotopic (exact) mass is 320 g/mol. The van der Waals surface area contributed by atoms with Gasteiger partial charge >= 0.3 is 0 Å². The van der Waals surface area contributed by atoms with Crippen LogP contribution in [0.1, 0.15) is 32.1 Å². The molecule has 22 heavy (non-hydrogen) atoms. The summed E-state index contributed by atoms with van der Waals surface area (Å²) < 4.78 is 0. The van der Waals surface area contributed by atoms with E-state index in [2.05, 4.69) is 19.8 Å². The van der Waals surface area contributed by atoms with E-state index in [9.17, 15) is 4.79 Å². The standard InChI is InChI=1S/C16H24N4OS/c1-22-16-17-8-7-14(18-16)20-11-5-6-13(12-20)15(21)19-9-3-2-4-10-19/h7-8,13H,2-6,9-12H2,1H3. The molecule has 0 saturated carbocycles. The smallest absolute Gasteiger partial charge is 0.227 e. The van der Waals surface area contributed by atoms with Crippen LogP contribution in [0, 0.1) is 5.92 Å². The van der Waals surface area contributed by atoms with Crippen molar-refractivity contribution in [1.29, 1.82) is 0 Å². The molecule has 2 aliphatic heterocycles. The number of anilines is 1. The van der Waals surface area contributed by atoms with Gasteiger partial charge in [-0.25, -0.2) is 9.97 Å². The van der Waals surface area contributed by atoms with Gasteiger partial charge in [0.1, 0.15) is 5.82 Å². The minimum atomic E-state index is 0.125. The van der Waals surface area contributed by atoms with E-state index in [0.717, 1.165) is 62.8 Å². The van der Waals surface area contributed by atoms with E-state index >= 15 is 0 Å². The first-order chi connectivity index (χ1) is 10.8. The Kier molecular flexibility index (Phi) is 5.18. The van der Waals surface area contributed by atoms with Crippen LogP contribution < -0.4 is 4.90 Å². The number of hydrogen-bond donors (Lipinski definition) is 0. The molecule has 1 aromatic rings. The molecule has 3 heterocycles. The maximum absolute atomic E-state index is 12.7. The molecule has 1 unspecified atom stereocenters. The second kappa shape index (κ2) is 7.31. The van der Waals surface area contributed by atoms with Gasteiger partial charge in [0.15, 0.2) is 5.16 Å². The second-order valence-electron chi connectivity index (χ2n) is 6.07. The maximum atomic E-state index is 12.7. The largest absolute Gasteiger partial charge is 0.356 e. The molecule has 6 heteroatoms. The van der Waals surface area contributed by atoms with Gasteiger partial charge in [-0.1, -0.05) is 11.8 Å². The van der Waals surface area contributed by atoms with Crippen molar-refractivity contribution in [2.75, 3.05) is 37.3 Å². The summed E-state index contributed by atoms with van der Waals surface area (Å²) in [6.45, 7) is 3.66. The number of amides is 1. The molecule has 0 radical (unpaired) electrons. The van der Waals surface area contributed by atoms with E-state index in [1.807, 2.05) is 18.5 Å². The van der Waals surface area contributed by atoms with Crippen molar-refractivity contribution in [3.8, 4) is 0 Å². The number of carbonyl (C=O) groups is 1. The minimum absolute atomic E-state index is 0.125. The summed E-state index contributed by atoms with van der Waals surface area (Å²) in [7, 11) is 0. The van der Waals surface area contributed by atoms with Gasteiger partial charge in [-0.3, -0.25) is 4.79 Å². The summed E-state index contributed by atoms with van der Waals surface area (Å²) >= 11 is 1.55. The van der Waals surface area contributed by atoms with E-state index in [-0.39, 0.29) is 5.92 Å². The number of nitrogens with zero attached hydrogens (tertiary/aromatic N) is 4. The zero-order valence-corrected chi connectivity index (χ0v) is 14.0. The first-order valence-corrected chi connectivity index (χ1v) is 9.41. The van der Waals surface area contributed by atoms with Gasteiger partial charge in [-0.05, 0) is 44.4 Å². The summed E-state index contributed by atoms with van der Waals surface area (Å²) in [5.74, 6) is 1.43. The van der Waals surface area contributed by atoms with Crippen LogP contribution in [-0.2, 0) is 4.79 Å². The highest BCUT2D eigenvalue weighted by Crippen LogP contribution is 2.25. The Morgan fingerprint density at radius 1 is 1.23 bits per heavy atom. The highest BCUT2D eigenvalue weighted by molar-refractivity contribution is 7.98. The number of likely N-dealkylation sites (tertiary alicyclic amines) is 1. The van der Waals surface area contributed by atoms with Crippen molar-refractivity contribution >= 4 is 23.5 Å². The summed E-state index contributed by atoms with van der Waals surface area (Å²) in [5.41, 5.74) is 0. The van der Waals surface area contributed by atoms with Crippen molar-refractivity contribution in [2.45, 2.75) is 37.3 Å². The fourth-order valence-corrected chi connectivity index (χ4v) is 3.72. The van der Waals surface area contributed by atoms with E-state index in [0.29, 0.717) is 5.91 Å². The molecule has 2 fully saturated rings. The molecule has 0 N–H and O–H groups in total. The Morgan fingerprint density at radius 3 is 2.82 bits per heavy atom. The second-order valence-corrected chi connectivity index (χ2v) is 6.85. The van der Waals surface area contributed by atoms with Gasteiger partial charge in [0.05, 0.1) is 5.92 Å². The third-order valence-electron chi connectivity index (χ3n) is 4.56. The lowest BCUT2D eigenvalue weighted by atomic mass is 9.95. The van der Waals surface area contributed by atoms with Crippen LogP contribution in [0.25, 0.3) is 0 Å². The van der Waals surface area contributed by atoms with Gasteiger partial charge in [0, 0.05) is 32.4 Å². The fourth-order valence-electron chi connectivity index (χ4n) is 3.37. The molecule has 1 amide bonds. The van der Waals surface area contributed by atoms with Crippen LogP contribution in [0.2, 0.25) is 0 Å². The maximum Gasteiger partial charge on any atom is 0.227 e. The lowest BCUT2D eigenvalue weighted by Crippen LogP contribution is -2.46. The van der Waals surface area contributed by atoms with Crippen molar-refractivity contribution in [3.63, 3.8) is 0 Å². The van der Waals surface area contributed by atoms with Gasteiger partial charge in [0.2, 0.25) is 5.91 Å². The van der Waals surface area contributed by atoms with Crippen molar-refractivity contribution in [2.24, 2.45) is 5.92 Å². The third kappa shape index (κ3) is 3.54. The summed E-state index contributed by atoms with van der Waals surface area (Å²) in [5, 5.41) is 0.794. The average molecular weight is 320 g/mol. The molecule has 120 valence electrons. The lowest BCUT2D eigenvalue weighted by molar-refractivity contribution is -0.136. The number of aromatic nitrogens is 2. The molecule has 0 bridgehead atoms. The molecule has 0 aliphatic carbocycles. The zero-order chi connectivity index (χ0) is 15.4. The number of hydrogen-bond acceptors (Lipinski definition) is 5. The average Bonchev–Trinajstić information content (AvgIpc) is 2.62. The molecule has 1 aromatic heterocycles. The molecule has 0 aromatic carbocycles. The van der Waals surface area contributed by atoms with Crippen molar-refractivity contribution in [1.82, 2.24) is 14.9 Å². The molecule has 3 rings (SSSR count). The van der Waals surface area contributed by atoms with Crippen LogP contribution in [0.3, 0.4) is 0 Å². The Balaban J connectivity index is 1.66. The van der Waals surface area contributed by atoms with E-state index in [1.165, 1.54) is 6.42 Å². The first-order valence-electron chi connectivity index (χ1n) is 8.18. The Bertz CT molecular complexity index is 519. The molecule has 1 atom stereocenters. The molecule has 2 aliphatic rings. The summed E-state index contributed by atoms with van der Waals surface area (Å²) in [6.07, 6.45) is 9.44. The highest BCUT2D eigenvalue weighted by Gasteiger charge is 2.30. The third-order valence-corrected chi connectivity index (χ3v) is 5.13. The molecular formula is C16H24N4OS. The Labute approximate surface area is 136 Å². The predicted octanol–water partition coefficient (Wildman–Crippen LogP) is 2.43. The lowest BCUT2D eigenvalue weighted by Gasteiger charge is -2.36. The molecular weight excluding hydrogens is 296 g/mol. The van der Waals surface area contributed by atoms with Gasteiger partial charge in [0.25, 0.3) is 0 Å². The normalized spacial score (nSPS) is 22.7. The zero-order valence-electron chi connectivity index (χ0n) is 13.2. The Morgan fingerprint density at radius 2 is 2.05 bits per heavy atom. The topological polar surface area (TPSA) is 49.3 Å². The number of thioether (sulfide) groups is 1. The van der Waals surface area contributed by atoms with Crippen LogP contribution in [0.4, 0.5) is 5.82 Å². The number of piperidine rings is 2. The highest BCUT2D eigenvalue weighted by atomic mass is 32.2. The quantitative estimate of drug-likeness (QED) is 0.632. The van der Waals surface area contributed by atoms with E-state index < -0.39 is 0 Å². The minimum Gasteiger partial charge on any atom is -0.356 e. The van der Waals surface area contributed by atoms with Crippen LogP contribution in [-0.4, -0.2) is 53.2 Å². The van der Waals surface area contributed by atoms with Crippen LogP contribution in [0.15, 0.2) is 17.4 Å². The van der Waals surface area contributed by atoms with Gasteiger partial charge in [-0.2, -0.15) is 0 Å². The first kappa shape index (κ1) is 15.6. The van der Waals surface area contributed by atoms with E-state index in [4.69, 9.17) is 0 Å². The molecule has 2 saturated heterocycles. The predicted molar refractivity (Wildman–Crippen MR) is 89.2 cm³/mol. The fraction of sp³-hybridized carbons (Fsp3) is 0.688. The molecule has 0 spiro atoms. The Hall–Kier alpha value is -1.30. The SMILES string of the molecule is CSc1nccc(N2CCCC(C(=O)N3CCCCC3)C2)n1. The summed E-state index contributed by atoms with van der Waals surface area (Å²) in [6, 6.07) is 1.95. The van der Waals surface area contributed by atoms with Crippen LogP contribution >= 0.6 is 11.8 Å².